The van der Waals surface area contributed by atoms with Crippen LogP contribution in [0.25, 0.3) is 11.0 Å². The maximum absolute atomic E-state index is 12.3. The summed E-state index contributed by atoms with van der Waals surface area (Å²) < 4.78 is 15.8. The van der Waals surface area contributed by atoms with E-state index in [1.807, 2.05) is 19.9 Å². The zero-order valence-corrected chi connectivity index (χ0v) is 14.1. The van der Waals surface area contributed by atoms with Gasteiger partial charge in [-0.25, -0.2) is 4.79 Å². The van der Waals surface area contributed by atoms with Crippen molar-refractivity contribution in [1.82, 2.24) is 0 Å². The molecule has 0 saturated carbocycles. The number of esters is 1. The van der Waals surface area contributed by atoms with Crippen molar-refractivity contribution in [3.63, 3.8) is 0 Å². The quantitative estimate of drug-likeness (QED) is 0.463. The second-order valence-electron chi connectivity index (χ2n) is 5.36. The van der Waals surface area contributed by atoms with Gasteiger partial charge in [0.1, 0.15) is 17.9 Å². The third-order valence-electron chi connectivity index (χ3n) is 3.85. The topological polar surface area (TPSA) is 65.7 Å². The average Bonchev–Trinajstić information content (AvgIpc) is 2.55. The van der Waals surface area contributed by atoms with Crippen LogP contribution in [-0.2, 0) is 16.0 Å². The number of carbonyl (C=O) groups excluding carboxylic acids is 1. The van der Waals surface area contributed by atoms with Gasteiger partial charge in [-0.2, -0.15) is 0 Å². The smallest absolute Gasteiger partial charge is 0.339 e. The summed E-state index contributed by atoms with van der Waals surface area (Å²) in [5, 5.41) is 0.819. The van der Waals surface area contributed by atoms with Crippen LogP contribution >= 0.6 is 0 Å². The molecule has 2 aromatic rings. The zero-order valence-electron chi connectivity index (χ0n) is 14.1. The van der Waals surface area contributed by atoms with E-state index in [2.05, 4.69) is 5.92 Å². The minimum Gasteiger partial charge on any atom is -0.481 e. The molecule has 0 radical (unpaired) electrons. The Hall–Kier alpha value is -2.74. The molecule has 24 heavy (non-hydrogen) atoms. The van der Waals surface area contributed by atoms with Gasteiger partial charge in [0.15, 0.2) is 0 Å². The van der Waals surface area contributed by atoms with Crippen molar-refractivity contribution >= 4 is 16.9 Å². The van der Waals surface area contributed by atoms with Crippen molar-refractivity contribution in [3.05, 3.63) is 39.2 Å². The Morgan fingerprint density at radius 2 is 2.04 bits per heavy atom. The first-order valence-corrected chi connectivity index (χ1v) is 7.77. The molecule has 0 unspecified atom stereocenters. The zero-order chi connectivity index (χ0) is 17.7. The Morgan fingerprint density at radius 1 is 1.29 bits per heavy atom. The molecule has 0 aliphatic rings. The van der Waals surface area contributed by atoms with Crippen molar-refractivity contribution in [2.75, 3.05) is 13.2 Å². The summed E-state index contributed by atoms with van der Waals surface area (Å²) in [4.78, 5) is 23.8. The molecule has 0 aliphatic heterocycles. The maximum Gasteiger partial charge on any atom is 0.339 e. The Bertz CT molecular complexity index is 855. The molecule has 0 aliphatic carbocycles. The van der Waals surface area contributed by atoms with Gasteiger partial charge in [-0.3, -0.25) is 4.79 Å². The number of benzene rings is 1. The molecule has 1 heterocycles. The number of hydrogen-bond donors (Lipinski definition) is 0. The lowest BCUT2D eigenvalue weighted by atomic mass is 10.0. The molecule has 0 saturated heterocycles. The van der Waals surface area contributed by atoms with Crippen LogP contribution in [-0.4, -0.2) is 19.2 Å². The van der Waals surface area contributed by atoms with Gasteiger partial charge in [0.05, 0.1) is 6.61 Å². The van der Waals surface area contributed by atoms with Crippen LogP contribution in [0.15, 0.2) is 21.3 Å². The SMILES string of the molecule is C#CCOc1ccc2c(C)c(CCC(=O)OCC)c(=O)oc2c1C. The van der Waals surface area contributed by atoms with Crippen molar-refractivity contribution in [3.8, 4) is 18.1 Å². The number of rotatable bonds is 6. The highest BCUT2D eigenvalue weighted by Crippen LogP contribution is 2.29. The summed E-state index contributed by atoms with van der Waals surface area (Å²) in [5.41, 5.74) is 2.05. The molecule has 1 aromatic heterocycles. The second-order valence-corrected chi connectivity index (χ2v) is 5.36. The molecular weight excluding hydrogens is 308 g/mol. The number of terminal acetylenes is 1. The van der Waals surface area contributed by atoms with Crippen molar-refractivity contribution < 1.29 is 18.7 Å². The molecule has 0 bridgehead atoms. The van der Waals surface area contributed by atoms with E-state index in [9.17, 15) is 9.59 Å². The summed E-state index contributed by atoms with van der Waals surface area (Å²) >= 11 is 0. The fraction of sp³-hybridized carbons (Fsp3) is 0.368. The van der Waals surface area contributed by atoms with Crippen molar-refractivity contribution in [2.45, 2.75) is 33.6 Å². The van der Waals surface area contributed by atoms with Gasteiger partial charge in [0.25, 0.3) is 0 Å². The lowest BCUT2D eigenvalue weighted by Crippen LogP contribution is -2.14. The lowest BCUT2D eigenvalue weighted by molar-refractivity contribution is -0.143. The number of carbonyl (C=O) groups is 1. The molecule has 0 atom stereocenters. The second kappa shape index (κ2) is 7.69. The van der Waals surface area contributed by atoms with Crippen LogP contribution in [0.4, 0.5) is 0 Å². The number of ether oxygens (including phenoxy) is 2. The van der Waals surface area contributed by atoms with E-state index in [0.29, 0.717) is 23.5 Å². The van der Waals surface area contributed by atoms with Gasteiger partial charge < -0.3 is 13.9 Å². The van der Waals surface area contributed by atoms with E-state index in [1.165, 1.54) is 0 Å². The standard InChI is InChI=1S/C19H20O5/c1-5-11-23-16-9-7-14-12(3)15(8-10-17(20)22-6-2)19(21)24-18(14)13(16)4/h1,7,9H,6,8,10-11H2,2-4H3. The Kier molecular flexibility index (Phi) is 5.64. The molecule has 0 fully saturated rings. The van der Waals surface area contributed by atoms with Crippen molar-refractivity contribution in [2.24, 2.45) is 0 Å². The van der Waals surface area contributed by atoms with Gasteiger partial charge in [-0.1, -0.05) is 5.92 Å². The number of aryl methyl sites for hydroxylation is 2. The summed E-state index contributed by atoms with van der Waals surface area (Å²) in [7, 11) is 0. The first-order valence-electron chi connectivity index (χ1n) is 7.77. The summed E-state index contributed by atoms with van der Waals surface area (Å²) in [6.07, 6.45) is 5.64. The Morgan fingerprint density at radius 3 is 2.71 bits per heavy atom. The van der Waals surface area contributed by atoms with E-state index >= 15 is 0 Å². The van der Waals surface area contributed by atoms with Gasteiger partial charge in [-0.15, -0.1) is 6.42 Å². The molecule has 2 rings (SSSR count). The van der Waals surface area contributed by atoms with Crippen LogP contribution in [0.2, 0.25) is 0 Å². The summed E-state index contributed by atoms with van der Waals surface area (Å²) in [6.45, 7) is 5.88. The maximum atomic E-state index is 12.3. The minimum absolute atomic E-state index is 0.146. The first kappa shape index (κ1) is 17.6. The highest BCUT2D eigenvalue weighted by atomic mass is 16.5. The first-order chi connectivity index (χ1) is 11.5. The van der Waals surface area contributed by atoms with Gasteiger partial charge in [-0.05, 0) is 44.9 Å². The molecule has 0 spiro atoms. The Balaban J connectivity index is 2.42. The van der Waals surface area contributed by atoms with Crippen LogP contribution in [0.1, 0.15) is 30.0 Å². The van der Waals surface area contributed by atoms with Crippen LogP contribution in [0.3, 0.4) is 0 Å². The number of hydrogen-bond acceptors (Lipinski definition) is 5. The van der Waals surface area contributed by atoms with Crippen molar-refractivity contribution in [1.29, 1.82) is 0 Å². The van der Waals surface area contributed by atoms with E-state index in [-0.39, 0.29) is 25.4 Å². The number of fused-ring (bicyclic) bond motifs is 1. The summed E-state index contributed by atoms with van der Waals surface area (Å²) in [5.74, 6) is 2.66. The van der Waals surface area contributed by atoms with Gasteiger partial charge in [0.2, 0.25) is 0 Å². The summed E-state index contributed by atoms with van der Waals surface area (Å²) in [6, 6.07) is 3.64. The van der Waals surface area contributed by atoms with E-state index in [1.54, 1.807) is 13.0 Å². The fourth-order valence-corrected chi connectivity index (χ4v) is 2.60. The molecule has 0 N–H and O–H groups in total. The van der Waals surface area contributed by atoms with Gasteiger partial charge >= 0.3 is 11.6 Å². The van der Waals surface area contributed by atoms with E-state index in [0.717, 1.165) is 16.5 Å². The predicted octanol–water partition coefficient (Wildman–Crippen LogP) is 2.92. The minimum atomic E-state index is -0.443. The fourth-order valence-electron chi connectivity index (χ4n) is 2.60. The molecule has 126 valence electrons. The normalized spacial score (nSPS) is 10.4. The largest absolute Gasteiger partial charge is 0.481 e. The third kappa shape index (κ3) is 3.60. The predicted molar refractivity (Wildman–Crippen MR) is 91.2 cm³/mol. The average molecular weight is 328 g/mol. The van der Waals surface area contributed by atoms with Crippen LogP contribution in [0, 0.1) is 26.2 Å². The van der Waals surface area contributed by atoms with Gasteiger partial charge in [0, 0.05) is 22.9 Å². The molecular formula is C19H20O5. The third-order valence-corrected chi connectivity index (χ3v) is 3.85. The van der Waals surface area contributed by atoms with E-state index < -0.39 is 5.63 Å². The molecule has 5 nitrogen and oxygen atoms in total. The molecule has 5 heteroatoms. The van der Waals surface area contributed by atoms with E-state index in [4.69, 9.17) is 20.3 Å². The van der Waals surface area contributed by atoms with Crippen LogP contribution in [0.5, 0.6) is 5.75 Å². The Labute approximate surface area is 140 Å². The highest BCUT2D eigenvalue weighted by Gasteiger charge is 2.16. The molecule has 0 amide bonds. The monoisotopic (exact) mass is 328 g/mol. The van der Waals surface area contributed by atoms with Crippen LogP contribution < -0.4 is 10.4 Å². The highest BCUT2D eigenvalue weighted by molar-refractivity contribution is 5.85. The molecule has 1 aromatic carbocycles. The lowest BCUT2D eigenvalue weighted by Gasteiger charge is -2.12.